The molecule has 114 valence electrons. The lowest BCUT2D eigenvalue weighted by molar-refractivity contribution is 0.201. The van der Waals surface area contributed by atoms with E-state index in [2.05, 4.69) is 30.8 Å². The summed E-state index contributed by atoms with van der Waals surface area (Å²) < 4.78 is 0. The molecule has 1 aromatic carbocycles. The second-order valence-corrected chi connectivity index (χ2v) is 6.02. The third-order valence-electron chi connectivity index (χ3n) is 3.45. The first-order chi connectivity index (χ1) is 9.49. The van der Waals surface area contributed by atoms with Gasteiger partial charge in [-0.2, -0.15) is 0 Å². The lowest BCUT2D eigenvalue weighted by atomic mass is 10.0. The molecule has 0 aliphatic rings. The molecule has 0 aliphatic carbocycles. The van der Waals surface area contributed by atoms with Crippen molar-refractivity contribution >= 4 is 23.2 Å². The van der Waals surface area contributed by atoms with Crippen LogP contribution in [-0.4, -0.2) is 50.1 Å². The molecule has 0 amide bonds. The highest BCUT2D eigenvalue weighted by Gasteiger charge is 2.18. The van der Waals surface area contributed by atoms with Crippen molar-refractivity contribution in [2.75, 3.05) is 40.3 Å². The lowest BCUT2D eigenvalue weighted by Gasteiger charge is -2.30. The van der Waals surface area contributed by atoms with Gasteiger partial charge in [0.15, 0.2) is 0 Å². The molecule has 0 radical (unpaired) electrons. The molecule has 0 spiro atoms. The quantitative estimate of drug-likeness (QED) is 0.798. The Morgan fingerprint density at radius 1 is 1.15 bits per heavy atom. The summed E-state index contributed by atoms with van der Waals surface area (Å²) in [5.41, 5.74) is 7.11. The van der Waals surface area contributed by atoms with Gasteiger partial charge in [-0.05, 0) is 51.3 Å². The highest BCUT2D eigenvalue weighted by atomic mass is 35.5. The van der Waals surface area contributed by atoms with Crippen LogP contribution >= 0.6 is 23.2 Å². The summed E-state index contributed by atoms with van der Waals surface area (Å²) in [5.74, 6) is 0. The van der Waals surface area contributed by atoms with Gasteiger partial charge >= 0.3 is 0 Å². The van der Waals surface area contributed by atoms with Gasteiger partial charge in [-0.25, -0.2) is 0 Å². The van der Waals surface area contributed by atoms with E-state index in [1.165, 1.54) is 0 Å². The van der Waals surface area contributed by atoms with Gasteiger partial charge in [0.1, 0.15) is 0 Å². The average molecular weight is 318 g/mol. The molecule has 0 fully saturated rings. The zero-order valence-electron chi connectivity index (χ0n) is 12.6. The minimum Gasteiger partial charge on any atom is -0.329 e. The van der Waals surface area contributed by atoms with Crippen LogP contribution in [0.25, 0.3) is 0 Å². The number of likely N-dealkylation sites (N-methyl/N-ethyl adjacent to an activating group) is 1. The van der Waals surface area contributed by atoms with Gasteiger partial charge in [0.2, 0.25) is 0 Å². The number of hydrogen-bond donors (Lipinski definition) is 1. The highest BCUT2D eigenvalue weighted by Crippen LogP contribution is 2.28. The molecule has 20 heavy (non-hydrogen) atoms. The average Bonchev–Trinajstić information content (AvgIpc) is 2.41. The van der Waals surface area contributed by atoms with E-state index in [9.17, 15) is 0 Å². The summed E-state index contributed by atoms with van der Waals surface area (Å²) in [7, 11) is 4.19. The number of nitrogens with zero attached hydrogens (tertiary/aromatic N) is 2. The summed E-state index contributed by atoms with van der Waals surface area (Å²) >= 11 is 12.1. The summed E-state index contributed by atoms with van der Waals surface area (Å²) in [6, 6.07) is 5.98. The van der Waals surface area contributed by atoms with E-state index in [4.69, 9.17) is 28.9 Å². The second kappa shape index (κ2) is 8.85. The molecule has 0 saturated heterocycles. The number of halogens is 2. The van der Waals surface area contributed by atoms with Gasteiger partial charge in [0, 0.05) is 19.1 Å². The maximum Gasteiger partial charge on any atom is 0.0595 e. The Morgan fingerprint density at radius 2 is 1.85 bits per heavy atom. The van der Waals surface area contributed by atoms with Crippen LogP contribution in [-0.2, 0) is 0 Å². The third kappa shape index (κ3) is 5.23. The van der Waals surface area contributed by atoms with E-state index in [0.29, 0.717) is 16.6 Å². The monoisotopic (exact) mass is 317 g/mol. The van der Waals surface area contributed by atoms with Crippen molar-refractivity contribution in [1.82, 2.24) is 9.80 Å². The normalized spacial score (nSPS) is 13.2. The Balaban J connectivity index is 2.77. The smallest absolute Gasteiger partial charge is 0.0595 e. The van der Waals surface area contributed by atoms with E-state index in [0.717, 1.165) is 31.6 Å². The Hall–Kier alpha value is -0.320. The molecule has 1 rings (SSSR count). The highest BCUT2D eigenvalue weighted by molar-refractivity contribution is 6.42. The van der Waals surface area contributed by atoms with Crippen molar-refractivity contribution in [3.63, 3.8) is 0 Å². The standard InChI is InChI=1S/C15H25Cl2N3/c1-4-20(9-5-8-19(2)3)15(11-18)12-6-7-13(16)14(17)10-12/h6-7,10,15H,4-5,8-9,11,18H2,1-3H3. The SMILES string of the molecule is CCN(CCCN(C)C)C(CN)c1ccc(Cl)c(Cl)c1. The second-order valence-electron chi connectivity index (χ2n) is 5.21. The van der Waals surface area contributed by atoms with Crippen molar-refractivity contribution < 1.29 is 0 Å². The summed E-state index contributed by atoms with van der Waals surface area (Å²) in [4.78, 5) is 4.59. The fraction of sp³-hybridized carbons (Fsp3) is 0.600. The van der Waals surface area contributed by atoms with Crippen LogP contribution in [0.3, 0.4) is 0 Å². The molecular formula is C15H25Cl2N3. The van der Waals surface area contributed by atoms with Crippen LogP contribution < -0.4 is 5.73 Å². The molecule has 0 bridgehead atoms. The van der Waals surface area contributed by atoms with Crippen LogP contribution in [0.2, 0.25) is 10.0 Å². The van der Waals surface area contributed by atoms with Gasteiger partial charge in [0.25, 0.3) is 0 Å². The van der Waals surface area contributed by atoms with Gasteiger partial charge < -0.3 is 10.6 Å². The Kier molecular flexibility index (Phi) is 7.85. The van der Waals surface area contributed by atoms with Crippen LogP contribution in [0, 0.1) is 0 Å². The van der Waals surface area contributed by atoms with Crippen LogP contribution in [0.1, 0.15) is 24.9 Å². The Bertz CT molecular complexity index is 410. The predicted molar refractivity (Wildman–Crippen MR) is 88.7 cm³/mol. The molecule has 1 aromatic rings. The largest absolute Gasteiger partial charge is 0.329 e. The van der Waals surface area contributed by atoms with Gasteiger partial charge in [0.05, 0.1) is 10.0 Å². The predicted octanol–water partition coefficient (Wildman–Crippen LogP) is 3.27. The first kappa shape index (κ1) is 17.7. The number of benzene rings is 1. The molecule has 1 unspecified atom stereocenters. The molecule has 2 N–H and O–H groups in total. The maximum absolute atomic E-state index is 6.11. The van der Waals surface area contributed by atoms with Crippen LogP contribution in [0.15, 0.2) is 18.2 Å². The number of rotatable bonds is 8. The van der Waals surface area contributed by atoms with E-state index in [1.807, 2.05) is 18.2 Å². The van der Waals surface area contributed by atoms with Gasteiger partial charge in [-0.1, -0.05) is 36.2 Å². The molecule has 0 heterocycles. The Morgan fingerprint density at radius 3 is 2.35 bits per heavy atom. The van der Waals surface area contributed by atoms with E-state index < -0.39 is 0 Å². The summed E-state index contributed by atoms with van der Waals surface area (Å²) in [5, 5.41) is 1.17. The van der Waals surface area contributed by atoms with Crippen LogP contribution in [0.4, 0.5) is 0 Å². The molecule has 5 heteroatoms. The zero-order valence-corrected chi connectivity index (χ0v) is 14.1. The van der Waals surface area contributed by atoms with Crippen molar-refractivity contribution in [2.45, 2.75) is 19.4 Å². The molecule has 0 aliphatic heterocycles. The minimum absolute atomic E-state index is 0.192. The van der Waals surface area contributed by atoms with Crippen molar-refractivity contribution in [1.29, 1.82) is 0 Å². The summed E-state index contributed by atoms with van der Waals surface area (Å²) in [6.07, 6.45) is 1.12. The summed E-state index contributed by atoms with van der Waals surface area (Å²) in [6.45, 7) is 5.81. The molecule has 1 atom stereocenters. The van der Waals surface area contributed by atoms with Crippen molar-refractivity contribution in [3.05, 3.63) is 33.8 Å². The lowest BCUT2D eigenvalue weighted by Crippen LogP contribution is -2.35. The van der Waals surface area contributed by atoms with Crippen molar-refractivity contribution in [3.8, 4) is 0 Å². The third-order valence-corrected chi connectivity index (χ3v) is 4.19. The number of nitrogens with two attached hydrogens (primary N) is 1. The van der Waals surface area contributed by atoms with Crippen molar-refractivity contribution in [2.24, 2.45) is 5.73 Å². The van der Waals surface area contributed by atoms with E-state index in [1.54, 1.807) is 0 Å². The molecule has 0 saturated carbocycles. The Labute approximate surface area is 132 Å². The fourth-order valence-corrected chi connectivity index (χ4v) is 2.65. The molecule has 3 nitrogen and oxygen atoms in total. The van der Waals surface area contributed by atoms with Crippen LogP contribution in [0.5, 0.6) is 0 Å². The molecular weight excluding hydrogens is 293 g/mol. The fourth-order valence-electron chi connectivity index (χ4n) is 2.34. The minimum atomic E-state index is 0.192. The molecule has 0 aromatic heterocycles. The topological polar surface area (TPSA) is 32.5 Å². The van der Waals surface area contributed by atoms with Gasteiger partial charge in [-0.3, -0.25) is 4.90 Å². The number of hydrogen-bond acceptors (Lipinski definition) is 3. The maximum atomic E-state index is 6.11. The van der Waals surface area contributed by atoms with E-state index in [-0.39, 0.29) is 6.04 Å². The first-order valence-corrected chi connectivity index (χ1v) is 7.79. The van der Waals surface area contributed by atoms with E-state index >= 15 is 0 Å². The zero-order chi connectivity index (χ0) is 15.1. The van der Waals surface area contributed by atoms with Gasteiger partial charge in [-0.15, -0.1) is 0 Å². The first-order valence-electron chi connectivity index (χ1n) is 7.03.